The van der Waals surface area contributed by atoms with Gasteiger partial charge in [0.25, 0.3) is 0 Å². The standard InChI is InChI=1S/C55H45N3/c1-3-13-42(51-22-11-20-45-21-12-31-56-54(45)51)19-10-14-39-32-38(2)33-49(34-39)48-30-26-41-25-29-47(35-50(41)36-48)40-23-27-44(28-24-40)53-37-52(43-15-6-4-7-16-43)57-55(58-53)46-17-8-5-9-18-46/h3-11,13-20,22-30,32-37,56H,12,21,31H2,1-2H3/b13-3-,14-10+,42-19+. The van der Waals surface area contributed by atoms with Crippen molar-refractivity contribution in [2.45, 2.75) is 26.7 Å². The molecule has 280 valence electrons. The fourth-order valence-electron chi connectivity index (χ4n) is 8.01. The molecular formula is C55H45N3. The lowest BCUT2D eigenvalue weighted by atomic mass is 9.94. The van der Waals surface area contributed by atoms with Crippen LogP contribution in [0.4, 0.5) is 5.69 Å². The average Bonchev–Trinajstić information content (AvgIpc) is 3.28. The predicted molar refractivity (Wildman–Crippen MR) is 247 cm³/mol. The van der Waals surface area contributed by atoms with Gasteiger partial charge in [-0.2, -0.15) is 0 Å². The van der Waals surface area contributed by atoms with Gasteiger partial charge in [0.15, 0.2) is 5.82 Å². The van der Waals surface area contributed by atoms with Gasteiger partial charge < -0.3 is 5.32 Å². The number of allylic oxidation sites excluding steroid dienone is 5. The summed E-state index contributed by atoms with van der Waals surface area (Å²) >= 11 is 0. The van der Waals surface area contributed by atoms with Crippen LogP contribution in [0.2, 0.25) is 0 Å². The van der Waals surface area contributed by atoms with Crippen LogP contribution in [0.15, 0.2) is 188 Å². The summed E-state index contributed by atoms with van der Waals surface area (Å²) in [4.78, 5) is 9.99. The smallest absolute Gasteiger partial charge is 0.160 e. The van der Waals surface area contributed by atoms with Crippen LogP contribution in [-0.4, -0.2) is 16.5 Å². The van der Waals surface area contributed by atoms with E-state index in [1.165, 1.54) is 67.4 Å². The molecule has 1 aliphatic heterocycles. The lowest BCUT2D eigenvalue weighted by Crippen LogP contribution is -2.13. The highest BCUT2D eigenvalue weighted by molar-refractivity contribution is 5.91. The number of aromatic nitrogens is 2. The molecule has 0 spiro atoms. The molecule has 2 heterocycles. The van der Waals surface area contributed by atoms with Gasteiger partial charge in [0.05, 0.1) is 11.4 Å². The van der Waals surface area contributed by atoms with Gasteiger partial charge >= 0.3 is 0 Å². The molecule has 0 aliphatic carbocycles. The zero-order valence-electron chi connectivity index (χ0n) is 33.0. The SMILES string of the molecule is C\C=C/C(=C\C=C\c1cc(C)cc(-c2ccc3ccc(-c4ccc(-c5cc(-c6ccccc6)nc(-c6ccccc6)n5)cc4)cc3c2)c1)c1cccc2c1NCCC2. The Morgan fingerprint density at radius 2 is 1.22 bits per heavy atom. The summed E-state index contributed by atoms with van der Waals surface area (Å²) < 4.78 is 0. The highest BCUT2D eigenvalue weighted by atomic mass is 14.9. The summed E-state index contributed by atoms with van der Waals surface area (Å²) in [5, 5.41) is 6.09. The van der Waals surface area contributed by atoms with E-state index in [9.17, 15) is 0 Å². The van der Waals surface area contributed by atoms with Crippen molar-refractivity contribution in [2.75, 3.05) is 11.9 Å². The highest BCUT2D eigenvalue weighted by Gasteiger charge is 2.14. The molecule has 0 saturated carbocycles. The van der Waals surface area contributed by atoms with Crippen molar-refractivity contribution < 1.29 is 0 Å². The van der Waals surface area contributed by atoms with Gasteiger partial charge in [0.1, 0.15) is 0 Å². The van der Waals surface area contributed by atoms with Crippen molar-refractivity contribution in [1.29, 1.82) is 0 Å². The quantitative estimate of drug-likeness (QED) is 0.149. The number of para-hydroxylation sites is 1. The molecule has 3 heteroatoms. The minimum absolute atomic E-state index is 0.720. The first kappa shape index (κ1) is 36.5. The van der Waals surface area contributed by atoms with Gasteiger partial charge in [-0.1, -0.05) is 170 Å². The third kappa shape index (κ3) is 7.94. The maximum absolute atomic E-state index is 5.03. The molecule has 0 atom stereocenters. The summed E-state index contributed by atoms with van der Waals surface area (Å²) in [5.74, 6) is 0.720. The van der Waals surface area contributed by atoms with Crippen molar-refractivity contribution in [3.05, 3.63) is 210 Å². The van der Waals surface area contributed by atoms with Crippen molar-refractivity contribution >= 4 is 28.1 Å². The van der Waals surface area contributed by atoms with E-state index in [4.69, 9.17) is 9.97 Å². The molecule has 7 aromatic carbocycles. The lowest BCUT2D eigenvalue weighted by molar-refractivity contribution is 0.829. The fraction of sp³-hybridized carbons (Fsp3) is 0.0909. The molecule has 0 unspecified atom stereocenters. The molecular weight excluding hydrogens is 703 g/mol. The maximum atomic E-state index is 5.03. The van der Waals surface area contributed by atoms with Crippen LogP contribution in [0.25, 0.3) is 78.6 Å². The van der Waals surface area contributed by atoms with E-state index in [1.54, 1.807) is 0 Å². The normalized spacial score (nSPS) is 12.9. The van der Waals surface area contributed by atoms with Gasteiger partial charge in [-0.25, -0.2) is 9.97 Å². The van der Waals surface area contributed by atoms with E-state index in [-0.39, 0.29) is 0 Å². The molecule has 3 nitrogen and oxygen atoms in total. The molecule has 58 heavy (non-hydrogen) atoms. The fourth-order valence-corrected chi connectivity index (χ4v) is 8.01. The molecule has 0 bridgehead atoms. The Balaban J connectivity index is 0.990. The molecule has 1 aromatic heterocycles. The Bertz CT molecular complexity index is 2770. The molecule has 0 fully saturated rings. The largest absolute Gasteiger partial charge is 0.384 e. The number of nitrogens with zero attached hydrogens (tertiary/aromatic N) is 2. The van der Waals surface area contributed by atoms with E-state index in [0.717, 1.165) is 52.4 Å². The summed E-state index contributed by atoms with van der Waals surface area (Å²) in [6.07, 6.45) is 13.3. The second-order valence-electron chi connectivity index (χ2n) is 15.0. The summed E-state index contributed by atoms with van der Waals surface area (Å²) in [6.45, 7) is 5.29. The Hall–Kier alpha value is -7.10. The first-order chi connectivity index (χ1) is 28.6. The van der Waals surface area contributed by atoms with E-state index < -0.39 is 0 Å². The highest BCUT2D eigenvalue weighted by Crippen LogP contribution is 2.34. The van der Waals surface area contributed by atoms with E-state index in [0.29, 0.717) is 0 Å². The molecule has 0 saturated heterocycles. The Labute approximate surface area is 341 Å². The Kier molecular flexibility index (Phi) is 10.4. The van der Waals surface area contributed by atoms with Crippen LogP contribution in [0.1, 0.15) is 35.6 Å². The third-order valence-electron chi connectivity index (χ3n) is 10.9. The van der Waals surface area contributed by atoms with Crippen molar-refractivity contribution in [3.63, 3.8) is 0 Å². The first-order valence-electron chi connectivity index (χ1n) is 20.2. The second-order valence-corrected chi connectivity index (χ2v) is 15.0. The molecule has 1 aliphatic rings. The average molecular weight is 748 g/mol. The molecule has 0 radical (unpaired) electrons. The number of benzene rings is 7. The minimum Gasteiger partial charge on any atom is -0.384 e. The van der Waals surface area contributed by atoms with Gasteiger partial charge in [0.2, 0.25) is 0 Å². The Morgan fingerprint density at radius 1 is 0.569 bits per heavy atom. The maximum Gasteiger partial charge on any atom is 0.160 e. The van der Waals surface area contributed by atoms with Crippen molar-refractivity contribution in [1.82, 2.24) is 9.97 Å². The monoisotopic (exact) mass is 747 g/mol. The molecule has 8 aromatic rings. The summed E-state index contributed by atoms with van der Waals surface area (Å²) in [5.41, 5.74) is 17.3. The number of nitrogens with one attached hydrogen (secondary N) is 1. The van der Waals surface area contributed by atoms with Gasteiger partial charge in [0, 0.05) is 34.5 Å². The van der Waals surface area contributed by atoms with Gasteiger partial charge in [-0.05, 0) is 106 Å². The zero-order chi connectivity index (χ0) is 39.3. The van der Waals surface area contributed by atoms with E-state index >= 15 is 0 Å². The zero-order valence-corrected chi connectivity index (χ0v) is 33.0. The van der Waals surface area contributed by atoms with Crippen LogP contribution in [0.3, 0.4) is 0 Å². The van der Waals surface area contributed by atoms with Crippen molar-refractivity contribution in [2.24, 2.45) is 0 Å². The summed E-state index contributed by atoms with van der Waals surface area (Å²) in [6, 6.07) is 58.4. The number of fused-ring (bicyclic) bond motifs is 2. The number of hydrogen-bond donors (Lipinski definition) is 1. The number of hydrogen-bond acceptors (Lipinski definition) is 3. The lowest BCUT2D eigenvalue weighted by Gasteiger charge is -2.21. The number of anilines is 1. The minimum atomic E-state index is 0.720. The number of rotatable bonds is 9. The molecule has 1 N–H and O–H groups in total. The van der Waals surface area contributed by atoms with Gasteiger partial charge in [-0.3, -0.25) is 0 Å². The molecule has 0 amide bonds. The predicted octanol–water partition coefficient (Wildman–Crippen LogP) is 14.3. The van der Waals surface area contributed by atoms with Crippen LogP contribution >= 0.6 is 0 Å². The third-order valence-corrected chi connectivity index (χ3v) is 10.9. The van der Waals surface area contributed by atoms with E-state index in [1.807, 2.05) is 36.4 Å². The number of aryl methyl sites for hydroxylation is 2. The first-order valence-corrected chi connectivity index (χ1v) is 20.2. The van der Waals surface area contributed by atoms with Crippen molar-refractivity contribution in [3.8, 4) is 56.2 Å². The van der Waals surface area contributed by atoms with Crippen LogP contribution < -0.4 is 5.32 Å². The topological polar surface area (TPSA) is 37.8 Å². The van der Waals surface area contributed by atoms with Gasteiger partial charge in [-0.15, -0.1) is 0 Å². The van der Waals surface area contributed by atoms with Crippen LogP contribution in [0, 0.1) is 6.92 Å². The van der Waals surface area contributed by atoms with E-state index in [2.05, 4.69) is 177 Å². The van der Waals surface area contributed by atoms with Crippen LogP contribution in [0.5, 0.6) is 0 Å². The Morgan fingerprint density at radius 3 is 1.95 bits per heavy atom. The van der Waals surface area contributed by atoms with Crippen LogP contribution in [-0.2, 0) is 6.42 Å². The summed E-state index contributed by atoms with van der Waals surface area (Å²) in [7, 11) is 0. The molecule has 9 rings (SSSR count). The second kappa shape index (κ2) is 16.6.